The zero-order valence-corrected chi connectivity index (χ0v) is 16.3. The van der Waals surface area contributed by atoms with Crippen molar-refractivity contribution in [3.63, 3.8) is 0 Å². The predicted molar refractivity (Wildman–Crippen MR) is 108 cm³/mol. The van der Waals surface area contributed by atoms with Gasteiger partial charge in [0.05, 0.1) is 17.0 Å². The third kappa shape index (κ3) is 5.17. The Balaban J connectivity index is 1.71. The van der Waals surface area contributed by atoms with Gasteiger partial charge in [-0.3, -0.25) is 9.59 Å². The van der Waals surface area contributed by atoms with Crippen LogP contribution in [0.1, 0.15) is 24.2 Å². The van der Waals surface area contributed by atoms with Crippen molar-refractivity contribution in [3.8, 4) is 5.69 Å². The summed E-state index contributed by atoms with van der Waals surface area (Å²) in [4.78, 5) is 25.4. The van der Waals surface area contributed by atoms with Gasteiger partial charge in [-0.15, -0.1) is 16.9 Å². The maximum absolute atomic E-state index is 12.8. The molecule has 0 atom stereocenters. The van der Waals surface area contributed by atoms with Crippen LogP contribution in [0.25, 0.3) is 5.69 Å². The maximum Gasteiger partial charge on any atom is 0.256 e. The molecule has 144 valence electrons. The molecule has 28 heavy (non-hydrogen) atoms. The Morgan fingerprint density at radius 3 is 2.71 bits per heavy atom. The third-order valence-corrected chi connectivity index (χ3v) is 4.73. The van der Waals surface area contributed by atoms with Crippen LogP contribution in [0.5, 0.6) is 0 Å². The van der Waals surface area contributed by atoms with E-state index in [0.29, 0.717) is 11.3 Å². The first-order valence-corrected chi connectivity index (χ1v) is 9.67. The van der Waals surface area contributed by atoms with Crippen LogP contribution in [0.2, 0.25) is 0 Å². The van der Waals surface area contributed by atoms with Crippen molar-refractivity contribution in [3.05, 3.63) is 60.4 Å². The fourth-order valence-electron chi connectivity index (χ4n) is 2.49. The van der Waals surface area contributed by atoms with E-state index in [0.717, 1.165) is 10.6 Å². The Kier molecular flexibility index (Phi) is 6.38. The molecule has 2 N–H and O–H groups in total. The van der Waals surface area contributed by atoms with Gasteiger partial charge in [0, 0.05) is 16.6 Å². The van der Waals surface area contributed by atoms with Gasteiger partial charge in [0.15, 0.2) is 0 Å². The minimum atomic E-state index is -0.249. The summed E-state index contributed by atoms with van der Waals surface area (Å²) in [6.45, 7) is 3.82. The number of thioether (sulfide) groups is 1. The lowest BCUT2D eigenvalue weighted by Crippen LogP contribution is -2.31. The van der Waals surface area contributed by atoms with Gasteiger partial charge in [-0.2, -0.15) is 0 Å². The molecular weight excluding hydrogens is 376 g/mol. The van der Waals surface area contributed by atoms with Crippen molar-refractivity contribution in [1.29, 1.82) is 0 Å². The van der Waals surface area contributed by atoms with Crippen molar-refractivity contribution in [2.75, 3.05) is 11.1 Å². The number of anilines is 1. The van der Waals surface area contributed by atoms with E-state index in [9.17, 15) is 9.59 Å². The maximum atomic E-state index is 12.8. The molecule has 0 aliphatic carbocycles. The molecule has 3 aromatic rings. The average Bonchev–Trinajstić information content (AvgIpc) is 3.21. The number of carbonyl (C=O) groups excluding carboxylic acids is 2. The van der Waals surface area contributed by atoms with Gasteiger partial charge < -0.3 is 10.6 Å². The van der Waals surface area contributed by atoms with Gasteiger partial charge >= 0.3 is 0 Å². The molecule has 2 aromatic carbocycles. The Hall–Kier alpha value is -3.20. The van der Waals surface area contributed by atoms with Crippen LogP contribution < -0.4 is 10.6 Å². The van der Waals surface area contributed by atoms with Crippen LogP contribution >= 0.6 is 11.8 Å². The number of benzene rings is 2. The van der Waals surface area contributed by atoms with E-state index in [1.54, 1.807) is 24.3 Å². The van der Waals surface area contributed by atoms with E-state index in [4.69, 9.17) is 0 Å². The minimum absolute atomic E-state index is 0.0654. The number of aromatic nitrogens is 4. The molecule has 1 heterocycles. The SMILES string of the molecule is CC(C)NC(=O)CSc1ccccc1C(=O)Nc1cccc(-n2cnnn2)c1. The highest BCUT2D eigenvalue weighted by molar-refractivity contribution is 8.00. The summed E-state index contributed by atoms with van der Waals surface area (Å²) in [6.07, 6.45) is 1.48. The van der Waals surface area contributed by atoms with E-state index in [2.05, 4.69) is 26.2 Å². The minimum Gasteiger partial charge on any atom is -0.353 e. The van der Waals surface area contributed by atoms with Gasteiger partial charge in [0.25, 0.3) is 5.91 Å². The average molecular weight is 396 g/mol. The summed E-state index contributed by atoms with van der Waals surface area (Å²) >= 11 is 1.33. The van der Waals surface area contributed by atoms with Crippen molar-refractivity contribution in [1.82, 2.24) is 25.5 Å². The van der Waals surface area contributed by atoms with Crippen LogP contribution in [-0.4, -0.2) is 43.8 Å². The molecule has 9 heteroatoms. The van der Waals surface area contributed by atoms with Crippen molar-refractivity contribution < 1.29 is 9.59 Å². The largest absolute Gasteiger partial charge is 0.353 e. The molecule has 0 fully saturated rings. The summed E-state index contributed by atoms with van der Waals surface area (Å²) in [5.41, 5.74) is 1.86. The fourth-order valence-corrected chi connectivity index (χ4v) is 3.35. The number of hydrogen-bond acceptors (Lipinski definition) is 6. The second kappa shape index (κ2) is 9.14. The lowest BCUT2D eigenvalue weighted by atomic mass is 10.2. The zero-order chi connectivity index (χ0) is 19.9. The van der Waals surface area contributed by atoms with Crippen molar-refractivity contribution >= 4 is 29.3 Å². The molecule has 0 aliphatic heterocycles. The van der Waals surface area contributed by atoms with E-state index in [1.165, 1.54) is 22.8 Å². The van der Waals surface area contributed by atoms with Gasteiger partial charge in [0.2, 0.25) is 5.91 Å². The number of rotatable bonds is 7. The number of amides is 2. The summed E-state index contributed by atoms with van der Waals surface area (Å²) in [6, 6.07) is 14.5. The first kappa shape index (κ1) is 19.6. The molecular formula is C19H20N6O2S. The lowest BCUT2D eigenvalue weighted by molar-refractivity contribution is -0.119. The molecule has 0 radical (unpaired) electrons. The van der Waals surface area contributed by atoms with Crippen molar-refractivity contribution in [2.24, 2.45) is 0 Å². The van der Waals surface area contributed by atoms with E-state index < -0.39 is 0 Å². The van der Waals surface area contributed by atoms with Crippen LogP contribution in [0.4, 0.5) is 5.69 Å². The van der Waals surface area contributed by atoms with Crippen LogP contribution in [0, 0.1) is 0 Å². The van der Waals surface area contributed by atoms with Gasteiger partial charge in [-0.1, -0.05) is 18.2 Å². The quantitative estimate of drug-likeness (QED) is 0.595. The van der Waals surface area contributed by atoms with Crippen LogP contribution in [0.3, 0.4) is 0 Å². The van der Waals surface area contributed by atoms with E-state index >= 15 is 0 Å². The number of nitrogens with one attached hydrogen (secondary N) is 2. The summed E-state index contributed by atoms with van der Waals surface area (Å²) in [5, 5.41) is 16.8. The molecule has 0 saturated heterocycles. The second-order valence-corrected chi connectivity index (χ2v) is 7.28. The number of nitrogens with zero attached hydrogens (tertiary/aromatic N) is 4. The summed E-state index contributed by atoms with van der Waals surface area (Å²) in [5.74, 6) is -0.0670. The molecule has 0 bridgehead atoms. The molecule has 0 aliphatic rings. The van der Waals surface area contributed by atoms with Crippen LogP contribution in [-0.2, 0) is 4.79 Å². The molecule has 1 aromatic heterocycles. The smallest absolute Gasteiger partial charge is 0.256 e. The van der Waals surface area contributed by atoms with Crippen LogP contribution in [0.15, 0.2) is 59.8 Å². The van der Waals surface area contributed by atoms with E-state index in [-0.39, 0.29) is 23.6 Å². The molecule has 8 nitrogen and oxygen atoms in total. The normalized spacial score (nSPS) is 10.7. The van der Waals surface area contributed by atoms with Gasteiger partial charge in [-0.25, -0.2) is 4.68 Å². The Morgan fingerprint density at radius 1 is 1.14 bits per heavy atom. The highest BCUT2D eigenvalue weighted by Crippen LogP contribution is 2.24. The van der Waals surface area contributed by atoms with Gasteiger partial charge in [0.1, 0.15) is 6.33 Å². The topological polar surface area (TPSA) is 102 Å². The monoisotopic (exact) mass is 396 g/mol. The summed E-state index contributed by atoms with van der Waals surface area (Å²) < 4.78 is 1.51. The van der Waals surface area contributed by atoms with Crippen molar-refractivity contribution in [2.45, 2.75) is 24.8 Å². The number of tetrazole rings is 1. The molecule has 3 rings (SSSR count). The number of carbonyl (C=O) groups is 2. The second-order valence-electron chi connectivity index (χ2n) is 6.27. The molecule has 0 unspecified atom stereocenters. The highest BCUT2D eigenvalue weighted by atomic mass is 32.2. The highest BCUT2D eigenvalue weighted by Gasteiger charge is 2.14. The third-order valence-electron chi connectivity index (χ3n) is 3.66. The Morgan fingerprint density at radius 2 is 1.96 bits per heavy atom. The fraction of sp³-hybridized carbons (Fsp3) is 0.211. The Labute approximate surface area is 166 Å². The van der Waals surface area contributed by atoms with E-state index in [1.807, 2.05) is 38.1 Å². The number of hydrogen-bond donors (Lipinski definition) is 2. The molecule has 0 spiro atoms. The summed E-state index contributed by atoms with van der Waals surface area (Å²) in [7, 11) is 0. The predicted octanol–water partition coefficient (Wildman–Crippen LogP) is 2.53. The zero-order valence-electron chi connectivity index (χ0n) is 15.5. The first-order valence-electron chi connectivity index (χ1n) is 8.69. The lowest BCUT2D eigenvalue weighted by Gasteiger charge is -2.12. The molecule has 0 saturated carbocycles. The molecule has 2 amide bonds. The first-order chi connectivity index (χ1) is 13.5. The standard InChI is InChI=1S/C19H20N6O2S/c1-13(2)21-18(26)11-28-17-9-4-3-8-16(17)19(27)22-14-6-5-7-15(10-14)25-12-20-23-24-25/h3-10,12-13H,11H2,1-2H3,(H,21,26)(H,22,27). The Bertz CT molecular complexity index is 959. The van der Waals surface area contributed by atoms with Gasteiger partial charge in [-0.05, 0) is 54.6 Å².